The molecule has 0 bridgehead atoms. The summed E-state index contributed by atoms with van der Waals surface area (Å²) in [5.74, 6) is -0.888. The molecule has 0 unspecified atom stereocenters. The number of aromatic carboxylic acids is 1. The maximum atomic E-state index is 13.0. The second-order valence-electron chi connectivity index (χ2n) is 10.3. The van der Waals surface area contributed by atoms with Crippen molar-refractivity contribution < 1.29 is 29.3 Å². The molecule has 0 spiro atoms. The molecule has 1 aromatic rings. The molecule has 1 rings (SSSR count). The van der Waals surface area contributed by atoms with Gasteiger partial charge < -0.3 is 20.3 Å². The lowest BCUT2D eigenvalue weighted by atomic mass is 10.0. The molecule has 1 aromatic carbocycles. The highest BCUT2D eigenvalue weighted by Crippen LogP contribution is 2.33. The molecular weight excluding hydrogens is 588 g/mol. The van der Waals surface area contributed by atoms with Crippen molar-refractivity contribution in [1.29, 1.82) is 0 Å². The zero-order valence-corrected chi connectivity index (χ0v) is 28.0. The summed E-state index contributed by atoms with van der Waals surface area (Å²) in [6.45, 7) is 6.29. The first-order valence-electron chi connectivity index (χ1n) is 16.0. The fourth-order valence-corrected chi connectivity index (χ4v) is 5.60. The van der Waals surface area contributed by atoms with Gasteiger partial charge in [0, 0.05) is 5.69 Å². The highest BCUT2D eigenvalue weighted by molar-refractivity contribution is 8.01. The number of unbranched alkanes of at least 4 members (excludes halogenated alkanes) is 2. The summed E-state index contributed by atoms with van der Waals surface area (Å²) in [4.78, 5) is 36.2. The van der Waals surface area contributed by atoms with E-state index in [0.717, 1.165) is 63.2 Å². The van der Waals surface area contributed by atoms with E-state index in [2.05, 4.69) is 78.3 Å². The topological polar surface area (TPSA) is 125 Å². The molecule has 9 heteroatoms. The number of carboxylic acids is 1. The van der Waals surface area contributed by atoms with E-state index >= 15 is 0 Å². The zero-order valence-electron chi connectivity index (χ0n) is 27.1. The van der Waals surface area contributed by atoms with Gasteiger partial charge >= 0.3 is 12.1 Å². The van der Waals surface area contributed by atoms with E-state index in [1.807, 2.05) is 13.8 Å². The Labute approximate surface area is 273 Å². The second kappa shape index (κ2) is 24.6. The summed E-state index contributed by atoms with van der Waals surface area (Å²) in [7, 11) is 0. The van der Waals surface area contributed by atoms with Gasteiger partial charge in [-0.2, -0.15) is 0 Å². The quantitative estimate of drug-likeness (QED) is 0.0534. The Balaban J connectivity index is 2.24. The molecule has 0 aliphatic rings. The predicted molar refractivity (Wildman–Crippen MR) is 187 cm³/mol. The minimum atomic E-state index is -1.31. The molecule has 0 aromatic heterocycles. The number of ether oxygens (including phenoxy) is 1. The summed E-state index contributed by atoms with van der Waals surface area (Å²) in [5, 5.41) is 24.0. The van der Waals surface area contributed by atoms with Crippen LogP contribution in [-0.2, 0) is 9.53 Å². The number of phenols is 1. The number of carbonyl (C=O) groups is 3. The lowest BCUT2D eigenvalue weighted by molar-refractivity contribution is -0.123. The first-order valence-corrected chi connectivity index (χ1v) is 16.9. The van der Waals surface area contributed by atoms with Crippen LogP contribution in [0.25, 0.3) is 0 Å². The Bertz CT molecular complexity index is 1170. The Hall–Kier alpha value is -3.72. The lowest BCUT2D eigenvalue weighted by Gasteiger charge is -2.29. The van der Waals surface area contributed by atoms with Crippen LogP contribution < -0.4 is 10.6 Å². The largest absolute Gasteiger partial charge is 0.507 e. The SMILES string of the molecule is CC/C=C\C/C=C\C/C=C\C/C=C\C/C=C\CCCCSC(CC)(CC)C(=O)NCCOC(=O)Nc1ccc(O)c(C(=O)O)c1. The van der Waals surface area contributed by atoms with E-state index in [0.29, 0.717) is 12.8 Å². The molecule has 0 fully saturated rings. The van der Waals surface area contributed by atoms with Crippen molar-refractivity contribution in [2.75, 3.05) is 24.2 Å². The van der Waals surface area contributed by atoms with Crippen LogP contribution in [0, 0.1) is 0 Å². The fourth-order valence-electron chi connectivity index (χ4n) is 4.25. The van der Waals surface area contributed by atoms with Crippen molar-refractivity contribution in [1.82, 2.24) is 5.32 Å². The predicted octanol–water partition coefficient (Wildman–Crippen LogP) is 8.97. The molecule has 0 heterocycles. The molecule has 248 valence electrons. The smallest absolute Gasteiger partial charge is 0.411 e. The average molecular weight is 641 g/mol. The van der Waals surface area contributed by atoms with E-state index in [-0.39, 0.29) is 30.3 Å². The Kier molecular flexibility index (Phi) is 21.5. The van der Waals surface area contributed by atoms with E-state index in [9.17, 15) is 19.5 Å². The number of nitrogens with one attached hydrogen (secondary N) is 2. The van der Waals surface area contributed by atoms with Crippen LogP contribution >= 0.6 is 11.8 Å². The highest BCUT2D eigenvalue weighted by atomic mass is 32.2. The molecule has 4 N–H and O–H groups in total. The van der Waals surface area contributed by atoms with Crippen LogP contribution in [0.15, 0.2) is 79.0 Å². The number of allylic oxidation sites excluding steroid dienone is 10. The normalized spacial score (nSPS) is 12.2. The number of hydrogen-bond acceptors (Lipinski definition) is 6. The zero-order chi connectivity index (χ0) is 33.2. The maximum absolute atomic E-state index is 13.0. The first kappa shape index (κ1) is 39.3. The molecule has 2 amide bonds. The molecule has 0 atom stereocenters. The molecule has 0 saturated carbocycles. The second-order valence-corrected chi connectivity index (χ2v) is 11.8. The van der Waals surface area contributed by atoms with Crippen LogP contribution in [0.2, 0.25) is 0 Å². The number of anilines is 1. The number of amides is 2. The number of rotatable bonds is 23. The average Bonchev–Trinajstić information content (AvgIpc) is 3.03. The first-order chi connectivity index (χ1) is 21.8. The van der Waals surface area contributed by atoms with Gasteiger partial charge in [0.05, 0.1) is 11.3 Å². The molecule has 0 aliphatic heterocycles. The summed E-state index contributed by atoms with van der Waals surface area (Å²) in [6.07, 6.45) is 30.7. The maximum Gasteiger partial charge on any atom is 0.411 e. The number of carbonyl (C=O) groups excluding carboxylic acids is 2. The molecule has 45 heavy (non-hydrogen) atoms. The Morgan fingerprint density at radius 2 is 1.42 bits per heavy atom. The molecule has 0 radical (unpaired) electrons. The van der Waals surface area contributed by atoms with Gasteiger partial charge in [0.15, 0.2) is 0 Å². The standard InChI is InChI=1S/C36H52N2O6S/c1-4-7-8-9-10-11-12-13-14-15-16-17-18-19-20-21-22-23-28-45-36(5-2,6-3)34(42)37-26-27-44-35(43)38-30-24-25-32(39)31(29-30)33(40)41/h7-8,10-11,13-14,16-17,19-20,24-25,29,39H,4-6,9,12,15,18,21-23,26-28H2,1-3H3,(H,37,42)(H,38,43)(H,40,41)/b8-7-,11-10-,14-13-,17-16-,20-19-. The molecule has 0 saturated heterocycles. The third-order valence-corrected chi connectivity index (χ3v) is 8.76. The van der Waals surface area contributed by atoms with Gasteiger partial charge in [0.1, 0.15) is 17.9 Å². The van der Waals surface area contributed by atoms with Gasteiger partial charge in [-0.1, -0.05) is 81.5 Å². The highest BCUT2D eigenvalue weighted by Gasteiger charge is 2.34. The van der Waals surface area contributed by atoms with Crippen molar-refractivity contribution >= 4 is 35.4 Å². The summed E-state index contributed by atoms with van der Waals surface area (Å²) < 4.78 is 4.58. The van der Waals surface area contributed by atoms with Crippen LogP contribution in [0.3, 0.4) is 0 Å². The van der Waals surface area contributed by atoms with E-state index < -0.39 is 22.6 Å². The van der Waals surface area contributed by atoms with Crippen molar-refractivity contribution in [2.45, 2.75) is 89.7 Å². The summed E-state index contributed by atoms with van der Waals surface area (Å²) >= 11 is 1.69. The fraction of sp³-hybridized carbons (Fsp3) is 0.472. The lowest BCUT2D eigenvalue weighted by Crippen LogP contribution is -2.45. The van der Waals surface area contributed by atoms with E-state index in [1.54, 1.807) is 11.8 Å². The molecule has 8 nitrogen and oxygen atoms in total. The Morgan fingerprint density at radius 3 is 1.98 bits per heavy atom. The minimum absolute atomic E-state index is 0.0388. The van der Waals surface area contributed by atoms with Crippen molar-refractivity contribution in [3.05, 3.63) is 84.5 Å². The van der Waals surface area contributed by atoms with Crippen molar-refractivity contribution in [3.8, 4) is 5.75 Å². The van der Waals surface area contributed by atoms with Gasteiger partial charge in [0.25, 0.3) is 0 Å². The number of aromatic hydroxyl groups is 1. The van der Waals surface area contributed by atoms with E-state index in [1.165, 1.54) is 12.1 Å². The van der Waals surface area contributed by atoms with Gasteiger partial charge in [-0.15, -0.1) is 11.8 Å². The third kappa shape index (κ3) is 17.4. The molecule has 0 aliphatic carbocycles. The number of hydrogen-bond donors (Lipinski definition) is 4. The number of thioether (sulfide) groups is 1. The third-order valence-electron chi connectivity index (χ3n) is 6.95. The van der Waals surface area contributed by atoms with Gasteiger partial charge in [-0.25, -0.2) is 9.59 Å². The van der Waals surface area contributed by atoms with Gasteiger partial charge in [-0.05, 0) is 88.2 Å². The minimum Gasteiger partial charge on any atom is -0.507 e. The van der Waals surface area contributed by atoms with Crippen LogP contribution in [-0.4, -0.2) is 51.8 Å². The summed E-state index contributed by atoms with van der Waals surface area (Å²) in [5.41, 5.74) is -0.157. The van der Waals surface area contributed by atoms with Gasteiger partial charge in [-0.3, -0.25) is 10.1 Å². The van der Waals surface area contributed by atoms with Crippen LogP contribution in [0.1, 0.15) is 95.3 Å². The Morgan fingerprint density at radius 1 is 0.844 bits per heavy atom. The number of carboxylic acid groups (broad SMARTS) is 1. The van der Waals surface area contributed by atoms with Crippen molar-refractivity contribution in [3.63, 3.8) is 0 Å². The van der Waals surface area contributed by atoms with E-state index in [4.69, 9.17) is 9.84 Å². The monoisotopic (exact) mass is 640 g/mol. The summed E-state index contributed by atoms with van der Waals surface area (Å²) in [6, 6.07) is 3.68. The van der Waals surface area contributed by atoms with Gasteiger partial charge in [0.2, 0.25) is 5.91 Å². The molecular formula is C36H52N2O6S. The number of benzene rings is 1. The van der Waals surface area contributed by atoms with Crippen molar-refractivity contribution in [2.24, 2.45) is 0 Å². The van der Waals surface area contributed by atoms with Crippen LogP contribution in [0.4, 0.5) is 10.5 Å². The van der Waals surface area contributed by atoms with Crippen LogP contribution in [0.5, 0.6) is 5.75 Å².